The summed E-state index contributed by atoms with van der Waals surface area (Å²) in [5, 5.41) is 2.80. The molecule has 0 spiro atoms. The fourth-order valence-electron chi connectivity index (χ4n) is 4.26. The Hall–Kier alpha value is -2.21. The highest BCUT2D eigenvalue weighted by Gasteiger charge is 2.34. The molecule has 12 heteroatoms. The topological polar surface area (TPSA) is 84.0 Å². The number of hydrogen-bond acceptors (Lipinski definition) is 4. The number of nitrogens with one attached hydrogen (secondary N) is 2. The lowest BCUT2D eigenvalue weighted by atomic mass is 9.94. The molecule has 1 atom stereocenters. The third-order valence-electron chi connectivity index (χ3n) is 5.83. The van der Waals surface area contributed by atoms with Crippen molar-refractivity contribution in [2.24, 2.45) is 0 Å². The number of amides is 1. The second-order valence-corrected chi connectivity index (χ2v) is 10.6. The molecule has 0 radical (unpaired) electrons. The molecule has 1 fully saturated rings. The van der Waals surface area contributed by atoms with Gasteiger partial charge in [0.25, 0.3) is 0 Å². The molecular weight excluding hydrogens is 458 g/mol. The number of halogens is 4. The highest BCUT2D eigenvalue weighted by atomic mass is 32.2. The first kappa shape index (κ1) is 22.0. The molecule has 6 nitrogen and oxygen atoms in total. The molecule has 0 saturated carbocycles. The van der Waals surface area contributed by atoms with Gasteiger partial charge in [0, 0.05) is 41.5 Å². The van der Waals surface area contributed by atoms with Gasteiger partial charge < -0.3 is 14.9 Å². The van der Waals surface area contributed by atoms with Crippen molar-refractivity contribution >= 4 is 28.0 Å². The van der Waals surface area contributed by atoms with Crippen molar-refractivity contribution in [3.05, 3.63) is 51.1 Å². The monoisotopic (exact) mass is 477 g/mol. The number of nitrogens with zero attached hydrogens (tertiary/aromatic N) is 1. The molecule has 1 aromatic heterocycles. The van der Waals surface area contributed by atoms with Gasteiger partial charge in [0.05, 0.1) is 17.9 Å². The van der Waals surface area contributed by atoms with Crippen LogP contribution in [0.3, 0.4) is 0 Å². The molecule has 1 saturated heterocycles. The average molecular weight is 478 g/mol. The number of benzene rings is 1. The third kappa shape index (κ3) is 4.27. The summed E-state index contributed by atoms with van der Waals surface area (Å²) in [6.07, 6.45) is 0.631. The van der Waals surface area contributed by atoms with Crippen LogP contribution >= 0.6 is 12.2 Å². The molecule has 168 valence electrons. The lowest BCUT2D eigenvalue weighted by Gasteiger charge is -2.23. The van der Waals surface area contributed by atoms with Gasteiger partial charge in [-0.3, -0.25) is 4.79 Å². The van der Waals surface area contributed by atoms with Crippen LogP contribution in [0.4, 0.5) is 17.6 Å². The predicted molar refractivity (Wildman–Crippen MR) is 106 cm³/mol. The number of aromatic nitrogens is 2. The molecule has 2 aliphatic heterocycles. The van der Waals surface area contributed by atoms with E-state index in [-0.39, 0.29) is 53.7 Å². The zero-order valence-electron chi connectivity index (χ0n) is 16.2. The van der Waals surface area contributed by atoms with Crippen LogP contribution in [-0.2, 0) is 34.0 Å². The van der Waals surface area contributed by atoms with Gasteiger partial charge in [0.2, 0.25) is 5.91 Å². The highest BCUT2D eigenvalue weighted by Crippen LogP contribution is 2.36. The molecule has 2 aliphatic rings. The maximum atomic E-state index is 14.2. The summed E-state index contributed by atoms with van der Waals surface area (Å²) in [7, 11) is -3.05. The van der Waals surface area contributed by atoms with E-state index in [9.17, 15) is 30.8 Å². The number of fused-ring (bicyclic) bond motifs is 1. The van der Waals surface area contributed by atoms with Gasteiger partial charge in [-0.15, -0.1) is 0 Å². The Kier molecular flexibility index (Phi) is 5.71. The van der Waals surface area contributed by atoms with Gasteiger partial charge in [-0.1, -0.05) is 0 Å². The van der Waals surface area contributed by atoms with E-state index in [1.807, 2.05) is 0 Å². The smallest absolute Gasteiger partial charge is 0.226 e. The van der Waals surface area contributed by atoms with Crippen molar-refractivity contribution in [3.8, 4) is 0 Å². The van der Waals surface area contributed by atoms with E-state index >= 15 is 0 Å². The maximum absolute atomic E-state index is 14.2. The summed E-state index contributed by atoms with van der Waals surface area (Å²) >= 11 is 5.23. The van der Waals surface area contributed by atoms with Gasteiger partial charge in [0.1, 0.15) is 9.84 Å². The van der Waals surface area contributed by atoms with Crippen LogP contribution in [0.2, 0.25) is 0 Å². The van der Waals surface area contributed by atoms with E-state index in [1.165, 1.54) is 0 Å². The number of hydrogen-bond donors (Lipinski definition) is 2. The molecule has 4 rings (SSSR count). The van der Waals surface area contributed by atoms with Gasteiger partial charge in [-0.05, 0) is 31.5 Å². The third-order valence-corrected chi connectivity index (χ3v) is 7.87. The van der Waals surface area contributed by atoms with Gasteiger partial charge in [0.15, 0.2) is 28.0 Å². The Labute approximate surface area is 180 Å². The minimum Gasteiger partial charge on any atom is -0.353 e. The Morgan fingerprint density at radius 1 is 1.16 bits per heavy atom. The Balaban J connectivity index is 1.50. The molecule has 3 heterocycles. The lowest BCUT2D eigenvalue weighted by Crippen LogP contribution is -2.41. The van der Waals surface area contributed by atoms with Crippen LogP contribution in [0.15, 0.2) is 6.07 Å². The van der Waals surface area contributed by atoms with Crippen LogP contribution in [0.25, 0.3) is 0 Å². The van der Waals surface area contributed by atoms with Gasteiger partial charge >= 0.3 is 0 Å². The van der Waals surface area contributed by atoms with Crippen molar-refractivity contribution < 1.29 is 30.8 Å². The standard InChI is InChI=1S/C19H19F4N3O3S2/c20-11-6-12(21)18(23)16(17(11)22)9-5-14-13(25-19(30)26(14)8-9)7-15(27)24-10-1-3-31(28,29)4-2-10/h6,9-10H,1-5,7-8H2,(H,24,27)(H,25,30). The summed E-state index contributed by atoms with van der Waals surface area (Å²) < 4.78 is 80.5. The first-order valence-corrected chi connectivity index (χ1v) is 11.9. The quantitative estimate of drug-likeness (QED) is 0.403. The highest BCUT2D eigenvalue weighted by molar-refractivity contribution is 7.91. The summed E-state index contributed by atoms with van der Waals surface area (Å²) in [4.78, 5) is 15.4. The first-order chi connectivity index (χ1) is 14.6. The first-order valence-electron chi connectivity index (χ1n) is 9.69. The summed E-state index contributed by atoms with van der Waals surface area (Å²) in [5.41, 5.74) is 0.320. The molecule has 1 unspecified atom stereocenters. The number of H-pyrrole nitrogens is 1. The normalized spacial score (nSPS) is 20.6. The second-order valence-electron chi connectivity index (χ2n) is 7.92. The fourth-order valence-corrected chi connectivity index (χ4v) is 6.06. The molecule has 31 heavy (non-hydrogen) atoms. The summed E-state index contributed by atoms with van der Waals surface area (Å²) in [6, 6.07) is -0.0806. The molecule has 1 amide bonds. The maximum Gasteiger partial charge on any atom is 0.226 e. The SMILES string of the molecule is O=C(Cc1[nH]c(=S)n2c1CC(c1c(F)c(F)cc(F)c1F)C2)NC1CCS(=O)(=O)CC1. The van der Waals surface area contributed by atoms with Crippen LogP contribution < -0.4 is 5.32 Å². The number of carbonyl (C=O) groups excluding carboxylic acids is 1. The van der Waals surface area contributed by atoms with Crippen molar-refractivity contribution in [1.29, 1.82) is 0 Å². The van der Waals surface area contributed by atoms with E-state index in [0.717, 1.165) is 0 Å². The van der Waals surface area contributed by atoms with Gasteiger partial charge in [-0.25, -0.2) is 26.0 Å². The minimum atomic E-state index is -3.05. The predicted octanol–water partition coefficient (Wildman–Crippen LogP) is 2.68. The Bertz CT molecular complexity index is 1180. The molecule has 0 bridgehead atoms. The summed E-state index contributed by atoms with van der Waals surface area (Å²) in [5.74, 6) is -6.99. The van der Waals surface area contributed by atoms with Crippen molar-refractivity contribution in [3.63, 3.8) is 0 Å². The number of carbonyl (C=O) groups is 1. The van der Waals surface area contributed by atoms with Crippen molar-refractivity contribution in [2.75, 3.05) is 11.5 Å². The number of rotatable bonds is 4. The zero-order chi connectivity index (χ0) is 22.5. The van der Waals surface area contributed by atoms with E-state index in [1.54, 1.807) is 4.57 Å². The fraction of sp³-hybridized carbons (Fsp3) is 0.474. The number of imidazole rings is 1. The second kappa shape index (κ2) is 8.05. The van der Waals surface area contributed by atoms with Crippen LogP contribution in [0.5, 0.6) is 0 Å². The molecule has 1 aromatic carbocycles. The lowest BCUT2D eigenvalue weighted by molar-refractivity contribution is -0.121. The van der Waals surface area contributed by atoms with Crippen LogP contribution in [0, 0.1) is 28.0 Å². The van der Waals surface area contributed by atoms with E-state index in [4.69, 9.17) is 12.2 Å². The minimum absolute atomic E-state index is 0.0174. The summed E-state index contributed by atoms with van der Waals surface area (Å²) in [6.45, 7) is 0.0174. The van der Waals surface area contributed by atoms with E-state index < -0.39 is 44.6 Å². The van der Waals surface area contributed by atoms with E-state index in [2.05, 4.69) is 10.3 Å². The Morgan fingerprint density at radius 2 is 1.77 bits per heavy atom. The molecule has 2 aromatic rings. The number of sulfone groups is 1. The molecular formula is C19H19F4N3O3S2. The zero-order valence-corrected chi connectivity index (χ0v) is 17.8. The van der Waals surface area contributed by atoms with E-state index in [0.29, 0.717) is 24.2 Å². The van der Waals surface area contributed by atoms with Crippen molar-refractivity contribution in [1.82, 2.24) is 14.9 Å². The van der Waals surface area contributed by atoms with Gasteiger partial charge in [-0.2, -0.15) is 0 Å². The number of aromatic amines is 1. The Morgan fingerprint density at radius 3 is 2.39 bits per heavy atom. The van der Waals surface area contributed by atoms with Crippen molar-refractivity contribution in [2.45, 2.75) is 44.2 Å². The average Bonchev–Trinajstić information content (AvgIpc) is 3.23. The molecule has 0 aliphatic carbocycles. The van der Waals surface area contributed by atoms with Crippen LogP contribution in [-0.4, -0.2) is 41.4 Å². The largest absolute Gasteiger partial charge is 0.353 e. The van der Waals surface area contributed by atoms with Crippen LogP contribution in [0.1, 0.15) is 35.7 Å². The molecule has 2 N–H and O–H groups in total.